The number of hydroxylamine groups is 2. The molecule has 4 rings (SSSR count). The number of hydrogen-bond acceptors (Lipinski definition) is 8. The number of likely N-dealkylation sites (N-methyl/N-ethyl adjacent to an activating group) is 1. The van der Waals surface area contributed by atoms with Gasteiger partial charge in [-0.3, -0.25) is 9.63 Å². The summed E-state index contributed by atoms with van der Waals surface area (Å²) in [5, 5.41) is 4.74. The summed E-state index contributed by atoms with van der Waals surface area (Å²) in [6.07, 6.45) is 1.89. The SMILES string of the molecule is CCC1C(CN)ON(Cc2c(F)ccc(-c3cc(C(=O)NC(Cc4ccccc4)CN(C)C)cc(N(C)C)c3)c2OC)C1C=O. The number of aldehydes is 1. The molecule has 242 valence electrons. The van der Waals surface area contributed by atoms with Gasteiger partial charge in [-0.05, 0) is 68.4 Å². The largest absolute Gasteiger partial charge is 0.496 e. The Morgan fingerprint density at radius 1 is 1.13 bits per heavy atom. The summed E-state index contributed by atoms with van der Waals surface area (Å²) in [5.41, 5.74) is 9.90. The highest BCUT2D eigenvalue weighted by atomic mass is 19.1. The Hall–Kier alpha value is -3.83. The molecule has 1 amide bonds. The van der Waals surface area contributed by atoms with E-state index in [1.165, 1.54) is 18.2 Å². The number of carbonyl (C=O) groups is 2. The highest BCUT2D eigenvalue weighted by Gasteiger charge is 2.42. The van der Waals surface area contributed by atoms with E-state index in [0.717, 1.165) is 17.5 Å². The zero-order valence-corrected chi connectivity index (χ0v) is 27.1. The summed E-state index contributed by atoms with van der Waals surface area (Å²) in [6, 6.07) is 18.0. The van der Waals surface area contributed by atoms with Crippen LogP contribution in [0.3, 0.4) is 0 Å². The number of ether oxygens (including phenoxy) is 1. The van der Waals surface area contributed by atoms with Crippen molar-refractivity contribution in [2.75, 3.05) is 53.3 Å². The van der Waals surface area contributed by atoms with Crippen LogP contribution in [0.5, 0.6) is 5.75 Å². The number of nitrogens with two attached hydrogens (primary N) is 1. The fraction of sp³-hybridized carbons (Fsp3) is 0.429. The quantitative estimate of drug-likeness (QED) is 0.260. The summed E-state index contributed by atoms with van der Waals surface area (Å²) in [6.45, 7) is 2.89. The smallest absolute Gasteiger partial charge is 0.251 e. The molecule has 1 aliphatic rings. The molecule has 4 atom stereocenters. The average molecular weight is 620 g/mol. The Kier molecular flexibility index (Phi) is 11.7. The Morgan fingerprint density at radius 3 is 2.47 bits per heavy atom. The fourth-order valence-electron chi connectivity index (χ4n) is 6.08. The van der Waals surface area contributed by atoms with Gasteiger partial charge < -0.3 is 30.4 Å². The van der Waals surface area contributed by atoms with E-state index in [4.69, 9.17) is 15.3 Å². The number of nitrogens with one attached hydrogen (secondary N) is 1. The first-order chi connectivity index (χ1) is 21.6. The first-order valence-corrected chi connectivity index (χ1v) is 15.4. The van der Waals surface area contributed by atoms with E-state index in [1.807, 2.05) is 70.3 Å². The predicted molar refractivity (Wildman–Crippen MR) is 176 cm³/mol. The van der Waals surface area contributed by atoms with Gasteiger partial charge in [0.25, 0.3) is 5.91 Å². The number of carbonyl (C=O) groups excluding carboxylic acids is 2. The first-order valence-electron chi connectivity index (χ1n) is 15.4. The summed E-state index contributed by atoms with van der Waals surface area (Å²) >= 11 is 0. The number of benzene rings is 3. The van der Waals surface area contributed by atoms with Gasteiger partial charge in [-0.15, -0.1) is 0 Å². The molecule has 1 fully saturated rings. The third-order valence-electron chi connectivity index (χ3n) is 8.34. The molecule has 0 radical (unpaired) electrons. The van der Waals surface area contributed by atoms with Crippen LogP contribution in [-0.4, -0.2) is 88.7 Å². The maximum absolute atomic E-state index is 15.5. The van der Waals surface area contributed by atoms with Crippen LogP contribution in [0.2, 0.25) is 0 Å². The molecule has 3 aromatic rings. The lowest BCUT2D eigenvalue weighted by atomic mass is 9.92. The number of amides is 1. The second kappa shape index (κ2) is 15.4. The van der Waals surface area contributed by atoms with Crippen molar-refractivity contribution >= 4 is 17.9 Å². The maximum atomic E-state index is 15.5. The van der Waals surface area contributed by atoms with Gasteiger partial charge in [0.15, 0.2) is 0 Å². The third kappa shape index (κ3) is 8.07. The number of halogens is 1. The second-order valence-electron chi connectivity index (χ2n) is 12.0. The van der Waals surface area contributed by atoms with E-state index in [9.17, 15) is 9.59 Å². The molecule has 0 aliphatic carbocycles. The van der Waals surface area contributed by atoms with Gasteiger partial charge >= 0.3 is 0 Å². The van der Waals surface area contributed by atoms with Crippen molar-refractivity contribution in [2.24, 2.45) is 11.7 Å². The Balaban J connectivity index is 1.70. The van der Waals surface area contributed by atoms with Crippen molar-refractivity contribution in [3.8, 4) is 16.9 Å². The van der Waals surface area contributed by atoms with Crippen molar-refractivity contribution in [3.05, 3.63) is 83.2 Å². The molecule has 1 saturated heterocycles. The normalized spacial score (nSPS) is 19.0. The van der Waals surface area contributed by atoms with E-state index in [2.05, 4.69) is 22.3 Å². The molecule has 4 unspecified atom stereocenters. The van der Waals surface area contributed by atoms with Gasteiger partial charge in [-0.2, -0.15) is 5.06 Å². The minimum absolute atomic E-state index is 0.00826. The molecule has 1 heterocycles. The Labute approximate surface area is 266 Å². The van der Waals surface area contributed by atoms with Gasteiger partial charge in [0, 0.05) is 61.5 Å². The zero-order valence-electron chi connectivity index (χ0n) is 27.1. The minimum atomic E-state index is -0.560. The number of hydrogen-bond donors (Lipinski definition) is 2. The van der Waals surface area contributed by atoms with Gasteiger partial charge in [-0.25, -0.2) is 4.39 Å². The summed E-state index contributed by atoms with van der Waals surface area (Å²) in [4.78, 5) is 35.8. The van der Waals surface area contributed by atoms with Crippen LogP contribution in [-0.2, 0) is 22.6 Å². The van der Waals surface area contributed by atoms with E-state index in [-0.39, 0.29) is 42.6 Å². The molecule has 3 aromatic carbocycles. The predicted octanol–water partition coefficient (Wildman–Crippen LogP) is 4.14. The molecule has 0 saturated carbocycles. The minimum Gasteiger partial charge on any atom is -0.496 e. The van der Waals surface area contributed by atoms with Crippen molar-refractivity contribution in [3.63, 3.8) is 0 Å². The summed E-state index contributed by atoms with van der Waals surface area (Å²) in [7, 11) is 9.26. The number of methoxy groups -OCH3 is 1. The van der Waals surface area contributed by atoms with Gasteiger partial charge in [0.1, 0.15) is 17.9 Å². The van der Waals surface area contributed by atoms with Crippen molar-refractivity contribution in [2.45, 2.75) is 44.5 Å². The van der Waals surface area contributed by atoms with E-state index in [0.29, 0.717) is 41.8 Å². The lowest BCUT2D eigenvalue weighted by Crippen LogP contribution is -2.43. The van der Waals surface area contributed by atoms with Crippen molar-refractivity contribution in [1.29, 1.82) is 0 Å². The Morgan fingerprint density at radius 2 is 1.87 bits per heavy atom. The fourth-order valence-corrected chi connectivity index (χ4v) is 6.08. The van der Waals surface area contributed by atoms with E-state index >= 15 is 4.39 Å². The molecule has 0 spiro atoms. The second-order valence-corrected chi connectivity index (χ2v) is 12.0. The third-order valence-corrected chi connectivity index (χ3v) is 8.34. The number of nitrogens with zero attached hydrogens (tertiary/aromatic N) is 3. The van der Waals surface area contributed by atoms with Gasteiger partial charge in [-0.1, -0.05) is 37.3 Å². The monoisotopic (exact) mass is 619 g/mol. The molecular formula is C35H46FN5O4. The van der Waals surface area contributed by atoms with Crippen LogP contribution in [0.1, 0.15) is 34.8 Å². The van der Waals surface area contributed by atoms with Crippen LogP contribution in [0.4, 0.5) is 10.1 Å². The van der Waals surface area contributed by atoms with Crippen molar-refractivity contribution < 1.29 is 23.6 Å². The van der Waals surface area contributed by atoms with Crippen LogP contribution in [0.15, 0.2) is 60.7 Å². The van der Waals surface area contributed by atoms with Gasteiger partial charge in [0.05, 0.1) is 25.8 Å². The zero-order chi connectivity index (χ0) is 32.7. The highest BCUT2D eigenvalue weighted by molar-refractivity contribution is 5.97. The summed E-state index contributed by atoms with van der Waals surface area (Å²) in [5.74, 6) is -0.478. The topological polar surface area (TPSA) is 100 Å². The molecule has 10 heteroatoms. The maximum Gasteiger partial charge on any atom is 0.251 e. The van der Waals surface area contributed by atoms with Crippen molar-refractivity contribution in [1.82, 2.24) is 15.3 Å². The van der Waals surface area contributed by atoms with Gasteiger partial charge in [0.2, 0.25) is 0 Å². The average Bonchev–Trinajstić information content (AvgIpc) is 3.38. The van der Waals surface area contributed by atoms with Crippen LogP contribution >= 0.6 is 0 Å². The van der Waals surface area contributed by atoms with E-state index < -0.39 is 11.9 Å². The standard InChI is InChI=1S/C35H46FN5O4/c1-7-28-32(22-42)41(45-33(28)19-37)21-30-31(36)14-13-29(34(30)44-6)24-16-25(18-27(17-24)40(4)5)35(43)38-26(20-39(2)3)15-23-11-9-8-10-12-23/h8-14,16-18,22,26,28,32-33H,7,15,19-21,37H2,1-6H3,(H,38,43). The molecular weight excluding hydrogens is 573 g/mol. The number of anilines is 1. The van der Waals surface area contributed by atoms with Crippen LogP contribution in [0, 0.1) is 11.7 Å². The van der Waals surface area contributed by atoms with Crippen LogP contribution in [0.25, 0.3) is 11.1 Å². The molecule has 1 aliphatic heterocycles. The first kappa shape index (κ1) is 34.1. The van der Waals surface area contributed by atoms with E-state index in [1.54, 1.807) is 12.1 Å². The summed E-state index contributed by atoms with van der Waals surface area (Å²) < 4.78 is 21.3. The molecule has 0 bridgehead atoms. The number of rotatable bonds is 14. The lowest BCUT2D eigenvalue weighted by Gasteiger charge is -2.24. The highest BCUT2D eigenvalue weighted by Crippen LogP contribution is 2.39. The Bertz CT molecular complexity index is 1450. The molecule has 0 aromatic heterocycles. The molecule has 9 nitrogen and oxygen atoms in total. The molecule has 45 heavy (non-hydrogen) atoms. The lowest BCUT2D eigenvalue weighted by molar-refractivity contribution is -0.168. The van der Waals surface area contributed by atoms with Crippen LogP contribution < -0.4 is 20.7 Å². The molecule has 3 N–H and O–H groups in total.